The Morgan fingerprint density at radius 2 is 1.73 bits per heavy atom. The second-order valence-corrected chi connectivity index (χ2v) is 7.67. The van der Waals surface area contributed by atoms with Crippen molar-refractivity contribution in [3.05, 3.63) is 35.4 Å². The minimum absolute atomic E-state index is 0.124. The van der Waals surface area contributed by atoms with Crippen LogP contribution in [0.4, 0.5) is 13.2 Å². The highest BCUT2D eigenvalue weighted by molar-refractivity contribution is 5.73. The number of carbonyl (C=O) groups excluding carboxylic acids is 1. The average Bonchev–Trinajstić information content (AvgIpc) is 2.89. The molecule has 1 saturated carbocycles. The molecule has 1 saturated heterocycles. The second kappa shape index (κ2) is 7.56. The van der Waals surface area contributed by atoms with Crippen LogP contribution in [0.2, 0.25) is 0 Å². The van der Waals surface area contributed by atoms with Gasteiger partial charge in [0, 0.05) is 26.6 Å². The number of amides is 1. The molecule has 4 atom stereocenters. The topological polar surface area (TPSA) is 52.6 Å². The minimum Gasteiger partial charge on any atom is -0.391 e. The molecule has 2 N–H and O–H groups in total. The number of alkyl halides is 3. The van der Waals surface area contributed by atoms with Gasteiger partial charge in [-0.25, -0.2) is 0 Å². The minimum atomic E-state index is -4.18. The van der Waals surface area contributed by atoms with E-state index in [-0.39, 0.29) is 17.5 Å². The van der Waals surface area contributed by atoms with E-state index in [0.29, 0.717) is 24.8 Å². The van der Waals surface area contributed by atoms with Gasteiger partial charge in [-0.1, -0.05) is 24.3 Å². The summed E-state index contributed by atoms with van der Waals surface area (Å²) in [7, 11) is 0. The number of carbonyl (C=O) groups is 1. The van der Waals surface area contributed by atoms with Crippen LogP contribution in [-0.4, -0.2) is 47.3 Å². The van der Waals surface area contributed by atoms with Crippen LogP contribution in [-0.2, 0) is 17.8 Å². The van der Waals surface area contributed by atoms with Crippen LogP contribution in [0.5, 0.6) is 0 Å². The van der Waals surface area contributed by atoms with Gasteiger partial charge in [-0.2, -0.15) is 13.2 Å². The quantitative estimate of drug-likeness (QED) is 0.856. The highest BCUT2D eigenvalue weighted by Crippen LogP contribution is 2.37. The number of fused-ring (bicyclic) bond motifs is 1. The maximum atomic E-state index is 12.4. The highest BCUT2D eigenvalue weighted by Gasteiger charge is 2.41. The second-order valence-electron chi connectivity index (χ2n) is 7.67. The van der Waals surface area contributed by atoms with Crippen LogP contribution in [0.3, 0.4) is 0 Å². The van der Waals surface area contributed by atoms with Crippen molar-refractivity contribution in [3.8, 4) is 0 Å². The normalized spacial score (nSPS) is 29.4. The Morgan fingerprint density at radius 1 is 1.15 bits per heavy atom. The fraction of sp³-hybridized carbons (Fsp3) is 0.632. The van der Waals surface area contributed by atoms with Gasteiger partial charge in [0.05, 0.1) is 18.6 Å². The lowest BCUT2D eigenvalue weighted by molar-refractivity contribution is -0.127. The fourth-order valence-electron chi connectivity index (χ4n) is 4.33. The van der Waals surface area contributed by atoms with Gasteiger partial charge in [0.2, 0.25) is 5.91 Å². The van der Waals surface area contributed by atoms with E-state index in [4.69, 9.17) is 0 Å². The summed E-state index contributed by atoms with van der Waals surface area (Å²) in [5.41, 5.74) is 1.27. The van der Waals surface area contributed by atoms with Crippen molar-refractivity contribution >= 4 is 5.91 Å². The Morgan fingerprint density at radius 3 is 2.31 bits per heavy atom. The summed E-state index contributed by atoms with van der Waals surface area (Å²) in [6.07, 6.45) is -4.15. The molecule has 1 aromatic carbocycles. The number of likely N-dealkylation sites (tertiary alicyclic amines) is 1. The number of hydrogen-bond donors (Lipinski definition) is 2. The van der Waals surface area contributed by atoms with E-state index in [1.165, 1.54) is 6.92 Å². The Balaban J connectivity index is 1.55. The van der Waals surface area contributed by atoms with E-state index < -0.39 is 18.7 Å². The standard InChI is InChI=1S/C19H25F3N2O2/c1-12(25)23-17-6-15-10-24(11-16(15)7-18(17)26)9-14-4-2-13(3-5-14)8-19(20,21)22/h2-5,15-18,26H,6-11H2,1H3,(H,23,25)/t15-,16+,17-,18-/m1/s1. The molecule has 7 heteroatoms. The molecule has 0 spiro atoms. The molecule has 1 heterocycles. The smallest absolute Gasteiger partial charge is 0.391 e. The predicted molar refractivity (Wildman–Crippen MR) is 91.3 cm³/mol. The first-order chi connectivity index (χ1) is 12.2. The monoisotopic (exact) mass is 370 g/mol. The molecule has 1 aromatic rings. The van der Waals surface area contributed by atoms with Crippen molar-refractivity contribution in [2.45, 2.75) is 51.1 Å². The van der Waals surface area contributed by atoms with Crippen molar-refractivity contribution in [1.82, 2.24) is 10.2 Å². The molecule has 0 radical (unpaired) electrons. The summed E-state index contributed by atoms with van der Waals surface area (Å²) in [5, 5.41) is 13.1. The number of aliphatic hydroxyl groups is 1. The van der Waals surface area contributed by atoms with Crippen LogP contribution in [0.15, 0.2) is 24.3 Å². The number of rotatable bonds is 4. The zero-order valence-electron chi connectivity index (χ0n) is 14.8. The first kappa shape index (κ1) is 19.2. The van der Waals surface area contributed by atoms with E-state index in [2.05, 4.69) is 10.2 Å². The van der Waals surface area contributed by atoms with Crippen molar-refractivity contribution < 1.29 is 23.1 Å². The molecular formula is C19H25F3N2O2. The van der Waals surface area contributed by atoms with Gasteiger partial charge < -0.3 is 10.4 Å². The van der Waals surface area contributed by atoms with Gasteiger partial charge in [-0.15, -0.1) is 0 Å². The van der Waals surface area contributed by atoms with Gasteiger partial charge in [0.25, 0.3) is 0 Å². The molecule has 1 aliphatic heterocycles. The molecular weight excluding hydrogens is 345 g/mol. The van der Waals surface area contributed by atoms with Crippen LogP contribution < -0.4 is 5.32 Å². The van der Waals surface area contributed by atoms with Crippen LogP contribution in [0, 0.1) is 11.8 Å². The van der Waals surface area contributed by atoms with E-state index in [0.717, 1.165) is 25.1 Å². The third-order valence-corrected chi connectivity index (χ3v) is 5.44. The number of nitrogens with zero attached hydrogens (tertiary/aromatic N) is 1. The molecule has 144 valence electrons. The molecule has 1 amide bonds. The number of halogens is 3. The fourth-order valence-corrected chi connectivity index (χ4v) is 4.33. The van der Waals surface area contributed by atoms with Crippen LogP contribution in [0.25, 0.3) is 0 Å². The summed E-state index contributed by atoms with van der Waals surface area (Å²) in [6.45, 7) is 3.92. The van der Waals surface area contributed by atoms with Gasteiger partial charge in [-0.05, 0) is 35.8 Å². The van der Waals surface area contributed by atoms with E-state index in [1.807, 2.05) is 0 Å². The molecule has 26 heavy (non-hydrogen) atoms. The van der Waals surface area contributed by atoms with Crippen LogP contribution >= 0.6 is 0 Å². The maximum Gasteiger partial charge on any atom is 0.393 e. The van der Waals surface area contributed by atoms with Crippen LogP contribution in [0.1, 0.15) is 30.9 Å². The first-order valence-corrected chi connectivity index (χ1v) is 9.01. The highest BCUT2D eigenvalue weighted by atomic mass is 19.4. The Labute approximate surface area is 151 Å². The summed E-state index contributed by atoms with van der Waals surface area (Å²) < 4.78 is 37.3. The SMILES string of the molecule is CC(=O)N[C@@H]1C[C@@H]2CN(Cc3ccc(CC(F)(F)F)cc3)C[C@@H]2C[C@H]1O. The first-order valence-electron chi connectivity index (χ1n) is 9.01. The predicted octanol–water partition coefficient (Wildman–Crippen LogP) is 2.50. The van der Waals surface area contributed by atoms with Crippen molar-refractivity contribution in [3.63, 3.8) is 0 Å². The average molecular weight is 370 g/mol. The van der Waals surface area contributed by atoms with Gasteiger partial charge >= 0.3 is 6.18 Å². The molecule has 0 bridgehead atoms. The van der Waals surface area contributed by atoms with E-state index in [9.17, 15) is 23.1 Å². The molecule has 0 aromatic heterocycles. The molecule has 1 aliphatic carbocycles. The number of hydrogen-bond acceptors (Lipinski definition) is 3. The third-order valence-electron chi connectivity index (χ3n) is 5.44. The number of benzene rings is 1. The zero-order chi connectivity index (χ0) is 18.9. The molecule has 3 rings (SSSR count). The Kier molecular flexibility index (Phi) is 5.58. The lowest BCUT2D eigenvalue weighted by Crippen LogP contribution is -2.48. The number of nitrogens with one attached hydrogen (secondary N) is 1. The number of aliphatic hydroxyl groups excluding tert-OH is 1. The molecule has 2 aliphatic rings. The third kappa shape index (κ3) is 4.98. The summed E-state index contributed by atoms with van der Waals surface area (Å²) >= 11 is 0. The van der Waals surface area contributed by atoms with Gasteiger partial charge in [-0.3, -0.25) is 9.69 Å². The van der Waals surface area contributed by atoms with E-state index >= 15 is 0 Å². The van der Waals surface area contributed by atoms with Crippen molar-refractivity contribution in [2.24, 2.45) is 11.8 Å². The van der Waals surface area contributed by atoms with Crippen molar-refractivity contribution in [1.29, 1.82) is 0 Å². The lowest BCUT2D eigenvalue weighted by Gasteiger charge is -2.35. The maximum absolute atomic E-state index is 12.4. The summed E-state index contributed by atoms with van der Waals surface area (Å²) in [4.78, 5) is 13.6. The van der Waals surface area contributed by atoms with E-state index in [1.54, 1.807) is 24.3 Å². The Hall–Kier alpha value is -1.60. The Bertz CT molecular complexity index is 633. The molecule has 4 nitrogen and oxygen atoms in total. The van der Waals surface area contributed by atoms with Gasteiger partial charge in [0.1, 0.15) is 0 Å². The molecule has 2 fully saturated rings. The molecule has 0 unspecified atom stereocenters. The lowest BCUT2D eigenvalue weighted by atomic mass is 9.77. The van der Waals surface area contributed by atoms with Crippen molar-refractivity contribution in [2.75, 3.05) is 13.1 Å². The largest absolute Gasteiger partial charge is 0.393 e. The van der Waals surface area contributed by atoms with Gasteiger partial charge in [0.15, 0.2) is 0 Å². The summed E-state index contributed by atoms with van der Waals surface area (Å²) in [5.74, 6) is 0.709. The summed E-state index contributed by atoms with van der Waals surface area (Å²) in [6, 6.07) is 6.43. The zero-order valence-corrected chi connectivity index (χ0v) is 14.8.